The lowest BCUT2D eigenvalue weighted by atomic mass is 10.1. The first-order valence-corrected chi connectivity index (χ1v) is 12.4. The van der Waals surface area contributed by atoms with Gasteiger partial charge < -0.3 is 15.3 Å². The zero-order valence-corrected chi connectivity index (χ0v) is 20.8. The molecule has 1 aliphatic heterocycles. The largest absolute Gasteiger partial charge is 0.395 e. The van der Waals surface area contributed by atoms with Crippen LogP contribution in [-0.2, 0) is 0 Å². The number of pyridine rings is 1. The van der Waals surface area contributed by atoms with Crippen LogP contribution in [0, 0.1) is 11.3 Å². The van der Waals surface area contributed by atoms with Crippen molar-refractivity contribution in [3.63, 3.8) is 0 Å². The molecule has 0 aliphatic carbocycles. The molecule has 0 radical (unpaired) electrons. The van der Waals surface area contributed by atoms with Crippen molar-refractivity contribution < 1.29 is 5.11 Å². The van der Waals surface area contributed by atoms with Crippen LogP contribution < -0.4 is 10.2 Å². The summed E-state index contributed by atoms with van der Waals surface area (Å²) in [6.45, 7) is 4.26. The molecule has 0 bridgehead atoms. The number of anilines is 3. The monoisotopic (exact) mass is 526 g/mol. The van der Waals surface area contributed by atoms with Gasteiger partial charge in [-0.1, -0.05) is 23.2 Å². The van der Waals surface area contributed by atoms with E-state index in [1.807, 2.05) is 12.1 Å². The average Bonchev–Trinajstić information content (AvgIpc) is 3.29. The summed E-state index contributed by atoms with van der Waals surface area (Å²) in [5.41, 5.74) is 1.72. The highest BCUT2D eigenvalue weighted by Crippen LogP contribution is 2.41. The summed E-state index contributed by atoms with van der Waals surface area (Å²) in [6, 6.07) is 8.94. The second-order valence-electron chi connectivity index (χ2n) is 7.89. The van der Waals surface area contributed by atoms with E-state index in [4.69, 9.17) is 38.6 Å². The first kappa shape index (κ1) is 23.7. The van der Waals surface area contributed by atoms with Gasteiger partial charge >= 0.3 is 0 Å². The van der Waals surface area contributed by atoms with Crippen LogP contribution in [0.15, 0.2) is 36.8 Å². The fraction of sp³-hybridized carbons (Fsp3) is 0.261. The number of fused-ring (bicyclic) bond motifs is 1. The Bertz CT molecular complexity index is 1390. The topological polar surface area (TPSA) is 114 Å². The molecule has 35 heavy (non-hydrogen) atoms. The fourth-order valence-corrected chi connectivity index (χ4v) is 5.80. The third-order valence-corrected chi connectivity index (χ3v) is 7.39. The number of aliphatic hydroxyl groups is 1. The number of nitrogens with one attached hydrogen (secondary N) is 1. The highest BCUT2D eigenvalue weighted by Gasteiger charge is 2.20. The third kappa shape index (κ3) is 5.00. The van der Waals surface area contributed by atoms with Gasteiger partial charge in [0.1, 0.15) is 23.0 Å². The first-order valence-electron chi connectivity index (χ1n) is 10.9. The van der Waals surface area contributed by atoms with E-state index in [0.29, 0.717) is 44.4 Å². The van der Waals surface area contributed by atoms with E-state index >= 15 is 0 Å². The van der Waals surface area contributed by atoms with Gasteiger partial charge in [0.05, 0.1) is 38.5 Å². The van der Waals surface area contributed by atoms with Gasteiger partial charge in [-0.3, -0.25) is 4.90 Å². The van der Waals surface area contributed by atoms with Gasteiger partial charge in [-0.15, -0.1) is 11.3 Å². The number of aromatic nitrogens is 4. The smallest absolute Gasteiger partial charge is 0.151 e. The van der Waals surface area contributed by atoms with Gasteiger partial charge in [-0.25, -0.2) is 19.9 Å². The zero-order valence-electron chi connectivity index (χ0n) is 18.4. The Balaban J connectivity index is 1.41. The molecule has 178 valence electrons. The minimum atomic E-state index is 0.170. The second kappa shape index (κ2) is 10.3. The molecule has 0 spiro atoms. The fourth-order valence-electron chi connectivity index (χ4n) is 3.95. The minimum Gasteiger partial charge on any atom is -0.395 e. The Hall–Kier alpha value is -3.07. The Kier molecular flexibility index (Phi) is 6.95. The minimum absolute atomic E-state index is 0.170. The zero-order chi connectivity index (χ0) is 24.4. The second-order valence-corrected chi connectivity index (χ2v) is 9.71. The molecule has 0 unspecified atom stereocenters. The van der Waals surface area contributed by atoms with Crippen LogP contribution in [0.5, 0.6) is 0 Å². The van der Waals surface area contributed by atoms with Crippen LogP contribution in [0.4, 0.5) is 17.5 Å². The summed E-state index contributed by atoms with van der Waals surface area (Å²) in [6.07, 6.45) is 3.21. The molecule has 0 atom stereocenters. The summed E-state index contributed by atoms with van der Waals surface area (Å²) in [7, 11) is 0. The van der Waals surface area contributed by atoms with Gasteiger partial charge in [-0.05, 0) is 18.2 Å². The highest BCUT2D eigenvalue weighted by molar-refractivity contribution is 7.22. The van der Waals surface area contributed by atoms with Crippen molar-refractivity contribution in [1.82, 2.24) is 24.8 Å². The Morgan fingerprint density at radius 3 is 2.57 bits per heavy atom. The molecule has 4 aromatic rings. The van der Waals surface area contributed by atoms with Crippen LogP contribution in [0.3, 0.4) is 0 Å². The molecule has 1 fully saturated rings. The molecule has 2 N–H and O–H groups in total. The molecule has 0 amide bonds. The van der Waals surface area contributed by atoms with Crippen LogP contribution in [0.2, 0.25) is 10.0 Å². The van der Waals surface area contributed by atoms with Crippen molar-refractivity contribution in [3.8, 4) is 16.6 Å². The van der Waals surface area contributed by atoms with Crippen LogP contribution in [0.1, 0.15) is 5.56 Å². The van der Waals surface area contributed by atoms with E-state index in [-0.39, 0.29) is 6.61 Å². The molecule has 1 aromatic carbocycles. The number of thiazole rings is 1. The predicted octanol–water partition coefficient (Wildman–Crippen LogP) is 4.18. The van der Waals surface area contributed by atoms with Gasteiger partial charge in [0.25, 0.3) is 0 Å². The number of rotatable bonds is 6. The average molecular weight is 527 g/mol. The predicted molar refractivity (Wildman–Crippen MR) is 139 cm³/mol. The van der Waals surface area contributed by atoms with Gasteiger partial charge in [0, 0.05) is 50.6 Å². The van der Waals surface area contributed by atoms with Gasteiger partial charge in [-0.2, -0.15) is 5.26 Å². The normalized spacial score (nSPS) is 14.3. The third-order valence-electron chi connectivity index (χ3n) is 5.70. The van der Waals surface area contributed by atoms with Crippen molar-refractivity contribution in [2.75, 3.05) is 49.5 Å². The molecule has 9 nitrogen and oxygen atoms in total. The van der Waals surface area contributed by atoms with Crippen molar-refractivity contribution in [2.24, 2.45) is 0 Å². The number of nitrogens with zero attached hydrogens (tertiary/aromatic N) is 7. The SMILES string of the molecule is N#Cc1cc(Cl)c(-c2nc3ccnc(Nc4cc(N5CCN(CCO)CC5)ncn4)c3s2)c(Cl)c1. The number of benzene rings is 1. The number of hydrogen-bond acceptors (Lipinski definition) is 10. The van der Waals surface area contributed by atoms with Crippen LogP contribution >= 0.6 is 34.5 Å². The van der Waals surface area contributed by atoms with Crippen molar-refractivity contribution >= 4 is 62.2 Å². The summed E-state index contributed by atoms with van der Waals surface area (Å²) >= 11 is 14.3. The number of nitriles is 1. The molecule has 4 heterocycles. The maximum absolute atomic E-state index is 9.15. The number of halogens is 2. The molecule has 1 aliphatic rings. The van der Waals surface area contributed by atoms with E-state index in [9.17, 15) is 0 Å². The van der Waals surface area contributed by atoms with E-state index in [1.165, 1.54) is 17.7 Å². The van der Waals surface area contributed by atoms with Crippen molar-refractivity contribution in [2.45, 2.75) is 0 Å². The van der Waals surface area contributed by atoms with E-state index < -0.39 is 0 Å². The molecule has 5 rings (SSSR count). The Morgan fingerprint density at radius 2 is 1.86 bits per heavy atom. The lowest BCUT2D eigenvalue weighted by Crippen LogP contribution is -2.47. The first-order chi connectivity index (χ1) is 17.1. The summed E-state index contributed by atoms with van der Waals surface area (Å²) in [4.78, 5) is 22.4. The van der Waals surface area contributed by atoms with Gasteiger partial charge in [0.2, 0.25) is 0 Å². The molecule has 12 heteroatoms. The molecule has 3 aromatic heterocycles. The van der Waals surface area contributed by atoms with E-state index in [2.05, 4.69) is 36.1 Å². The van der Waals surface area contributed by atoms with Crippen LogP contribution in [0.25, 0.3) is 20.8 Å². The molecular weight excluding hydrogens is 507 g/mol. The quantitative estimate of drug-likeness (QED) is 0.381. The lowest BCUT2D eigenvalue weighted by Gasteiger charge is -2.35. The Labute approximate surface area is 215 Å². The number of hydrogen-bond donors (Lipinski definition) is 2. The maximum Gasteiger partial charge on any atom is 0.151 e. The maximum atomic E-state index is 9.15. The summed E-state index contributed by atoms with van der Waals surface area (Å²) in [5.74, 6) is 2.07. The van der Waals surface area contributed by atoms with Crippen molar-refractivity contribution in [3.05, 3.63) is 52.4 Å². The van der Waals surface area contributed by atoms with E-state index in [1.54, 1.807) is 18.3 Å². The van der Waals surface area contributed by atoms with E-state index in [0.717, 1.165) is 42.2 Å². The number of piperazine rings is 1. The van der Waals surface area contributed by atoms with Crippen molar-refractivity contribution in [1.29, 1.82) is 5.26 Å². The molecule has 0 saturated carbocycles. The molecular formula is C23H20Cl2N8OS. The standard InChI is InChI=1S/C23H20Cl2N8OS/c24-15-9-14(12-26)10-16(25)20(15)23-30-17-1-2-27-22(21(17)35-23)31-18-11-19(29-13-28-18)33-5-3-32(4-6-33)7-8-34/h1-2,9-11,13,34H,3-8H2,(H,27,28,29,31). The van der Waals surface area contributed by atoms with Gasteiger partial charge in [0.15, 0.2) is 5.82 Å². The summed E-state index contributed by atoms with van der Waals surface area (Å²) < 4.78 is 0.830. The summed E-state index contributed by atoms with van der Waals surface area (Å²) in [5, 5.41) is 23.0. The highest BCUT2D eigenvalue weighted by atomic mass is 35.5. The van der Waals surface area contributed by atoms with Crippen LogP contribution in [-0.4, -0.2) is 69.3 Å². The Morgan fingerprint density at radius 1 is 1.09 bits per heavy atom. The number of β-amino-alcohol motifs (C(OH)–C–C–N with tert-alkyl or cyclic N) is 1. The lowest BCUT2D eigenvalue weighted by molar-refractivity contribution is 0.188. The molecule has 1 saturated heterocycles. The number of aliphatic hydroxyl groups excluding tert-OH is 1.